The van der Waals surface area contributed by atoms with Gasteiger partial charge in [0, 0.05) is 31.7 Å². The van der Waals surface area contributed by atoms with Crippen molar-refractivity contribution in [2.45, 2.75) is 19.4 Å². The lowest BCUT2D eigenvalue weighted by atomic mass is 9.94. The number of rotatable bonds is 8. The van der Waals surface area contributed by atoms with Gasteiger partial charge in [-0.05, 0) is 49.2 Å². The highest BCUT2D eigenvalue weighted by atomic mass is 16.6. The van der Waals surface area contributed by atoms with E-state index in [-0.39, 0.29) is 22.8 Å². The van der Waals surface area contributed by atoms with Crippen LogP contribution < -0.4 is 14.2 Å². The number of aliphatic hydroxyl groups is 1. The summed E-state index contributed by atoms with van der Waals surface area (Å²) in [6.45, 7) is 6.98. The van der Waals surface area contributed by atoms with E-state index in [4.69, 9.17) is 18.9 Å². The average molecular weight is 525 g/mol. The molecule has 0 radical (unpaired) electrons. The highest BCUT2D eigenvalue weighted by Gasteiger charge is 2.46. The predicted molar refractivity (Wildman–Crippen MR) is 138 cm³/mol. The van der Waals surface area contributed by atoms with Crippen molar-refractivity contribution in [3.05, 3.63) is 53.1 Å². The van der Waals surface area contributed by atoms with E-state index in [1.54, 1.807) is 37.3 Å². The van der Waals surface area contributed by atoms with Crippen LogP contribution in [0.3, 0.4) is 0 Å². The second-order valence-corrected chi connectivity index (χ2v) is 9.32. The van der Waals surface area contributed by atoms with Crippen molar-refractivity contribution >= 4 is 17.4 Å². The molecule has 2 saturated heterocycles. The standard InChI is InChI=1S/C28H32N2O8/c1-2-36-22-16-18(4-6-20(22)31)25-24(26(32)19-5-7-21-23(17-19)38-15-14-37-21)27(33)28(34)30(25)9-3-8-29-10-12-35-13-11-29/h4-7,16-17,25,31-32H,2-3,8-15H2,1H3/b26-24+. The number of Topliss-reactive ketones (excluding diaryl/α,β-unsaturated/α-hetero) is 1. The van der Waals surface area contributed by atoms with Gasteiger partial charge in [0.25, 0.3) is 11.7 Å². The Balaban J connectivity index is 1.52. The molecule has 1 atom stereocenters. The highest BCUT2D eigenvalue weighted by molar-refractivity contribution is 6.46. The molecule has 0 bridgehead atoms. The van der Waals surface area contributed by atoms with Gasteiger partial charge in [-0.3, -0.25) is 14.5 Å². The third-order valence-corrected chi connectivity index (χ3v) is 6.93. The Kier molecular flexibility index (Phi) is 7.71. The number of carbonyl (C=O) groups is 2. The maximum atomic E-state index is 13.4. The zero-order valence-corrected chi connectivity index (χ0v) is 21.4. The van der Waals surface area contributed by atoms with E-state index in [0.717, 1.165) is 19.6 Å². The number of fused-ring (bicyclic) bond motifs is 1. The molecule has 38 heavy (non-hydrogen) atoms. The molecule has 1 amide bonds. The number of hydrogen-bond donors (Lipinski definition) is 2. The first kappa shape index (κ1) is 25.9. The third kappa shape index (κ3) is 5.14. The first-order valence-corrected chi connectivity index (χ1v) is 12.9. The van der Waals surface area contributed by atoms with Crippen LogP contribution in [0.2, 0.25) is 0 Å². The molecule has 2 aromatic carbocycles. The van der Waals surface area contributed by atoms with E-state index in [1.807, 2.05) is 0 Å². The molecule has 2 fully saturated rings. The molecule has 0 aromatic heterocycles. The minimum atomic E-state index is -0.854. The lowest BCUT2D eigenvalue weighted by molar-refractivity contribution is -0.140. The molecular formula is C28H32N2O8. The van der Waals surface area contributed by atoms with Crippen LogP contribution in [-0.2, 0) is 14.3 Å². The van der Waals surface area contributed by atoms with Crippen LogP contribution >= 0.6 is 0 Å². The molecular weight excluding hydrogens is 492 g/mol. The molecule has 202 valence electrons. The van der Waals surface area contributed by atoms with Crippen molar-refractivity contribution in [1.82, 2.24) is 9.80 Å². The topological polar surface area (TPSA) is 118 Å². The van der Waals surface area contributed by atoms with Gasteiger partial charge in [-0.25, -0.2) is 0 Å². The minimum absolute atomic E-state index is 0.0220. The molecule has 3 heterocycles. The summed E-state index contributed by atoms with van der Waals surface area (Å²) in [5.41, 5.74) is 0.872. The van der Waals surface area contributed by atoms with Gasteiger partial charge in [0.05, 0.1) is 31.4 Å². The van der Waals surface area contributed by atoms with Gasteiger partial charge < -0.3 is 34.1 Å². The molecule has 10 heteroatoms. The van der Waals surface area contributed by atoms with Crippen molar-refractivity contribution < 1.29 is 38.7 Å². The second-order valence-electron chi connectivity index (χ2n) is 9.32. The number of hydrogen-bond acceptors (Lipinski definition) is 9. The summed E-state index contributed by atoms with van der Waals surface area (Å²) in [4.78, 5) is 30.4. The summed E-state index contributed by atoms with van der Waals surface area (Å²) < 4.78 is 22.2. The number of benzene rings is 2. The molecule has 3 aliphatic rings. The van der Waals surface area contributed by atoms with Gasteiger partial charge in [0.1, 0.15) is 19.0 Å². The maximum absolute atomic E-state index is 13.4. The molecule has 0 aliphatic carbocycles. The fourth-order valence-electron chi connectivity index (χ4n) is 5.06. The number of carbonyl (C=O) groups excluding carboxylic acids is 2. The normalized spacial score (nSPS) is 21.1. The van der Waals surface area contributed by atoms with Gasteiger partial charge in [0.15, 0.2) is 23.0 Å². The zero-order chi connectivity index (χ0) is 26.6. The van der Waals surface area contributed by atoms with E-state index in [1.165, 1.54) is 11.0 Å². The largest absolute Gasteiger partial charge is 0.507 e. The van der Waals surface area contributed by atoms with Crippen LogP contribution in [0.1, 0.15) is 30.5 Å². The van der Waals surface area contributed by atoms with Crippen LogP contribution in [-0.4, -0.2) is 90.9 Å². The Labute approximate surface area is 221 Å². The van der Waals surface area contributed by atoms with Crippen LogP contribution in [0, 0.1) is 0 Å². The van der Waals surface area contributed by atoms with Crippen LogP contribution in [0.5, 0.6) is 23.0 Å². The SMILES string of the molecule is CCOc1cc(C2/C(=C(\O)c3ccc4c(c3)OCCO4)C(=O)C(=O)N2CCCN2CCOCC2)ccc1O. The summed E-state index contributed by atoms with van der Waals surface area (Å²) in [7, 11) is 0. The van der Waals surface area contributed by atoms with Crippen LogP contribution in [0.15, 0.2) is 42.0 Å². The van der Waals surface area contributed by atoms with Crippen LogP contribution in [0.25, 0.3) is 5.76 Å². The maximum Gasteiger partial charge on any atom is 0.295 e. The summed E-state index contributed by atoms with van der Waals surface area (Å²) in [6.07, 6.45) is 0.643. The number of morpholine rings is 1. The van der Waals surface area contributed by atoms with Gasteiger partial charge in [-0.1, -0.05) is 6.07 Å². The average Bonchev–Trinajstić information content (AvgIpc) is 3.19. The van der Waals surface area contributed by atoms with E-state index in [0.29, 0.717) is 68.6 Å². The second kappa shape index (κ2) is 11.3. The first-order chi connectivity index (χ1) is 18.5. The summed E-state index contributed by atoms with van der Waals surface area (Å²) in [6, 6.07) is 8.78. The number of phenolic OH excluding ortho intramolecular Hbond substituents is 1. The molecule has 2 N–H and O–H groups in total. The molecule has 5 rings (SSSR count). The van der Waals surface area contributed by atoms with E-state index in [2.05, 4.69) is 4.90 Å². The first-order valence-electron chi connectivity index (χ1n) is 12.9. The summed E-state index contributed by atoms with van der Waals surface area (Å²) in [5, 5.41) is 21.7. The van der Waals surface area contributed by atoms with Crippen LogP contribution in [0.4, 0.5) is 0 Å². The third-order valence-electron chi connectivity index (χ3n) is 6.93. The molecule has 1 unspecified atom stereocenters. The van der Waals surface area contributed by atoms with E-state index in [9.17, 15) is 19.8 Å². The fourth-order valence-corrected chi connectivity index (χ4v) is 5.06. The number of aliphatic hydroxyl groups excluding tert-OH is 1. The number of phenols is 1. The van der Waals surface area contributed by atoms with Crippen molar-refractivity contribution in [2.24, 2.45) is 0 Å². The van der Waals surface area contributed by atoms with E-state index >= 15 is 0 Å². The molecule has 2 aromatic rings. The number of amides is 1. The van der Waals surface area contributed by atoms with Crippen molar-refractivity contribution in [3.8, 4) is 23.0 Å². The van der Waals surface area contributed by atoms with Gasteiger partial charge in [0.2, 0.25) is 0 Å². The fraction of sp³-hybridized carbons (Fsp3) is 0.429. The van der Waals surface area contributed by atoms with Crippen molar-refractivity contribution in [3.63, 3.8) is 0 Å². The zero-order valence-electron chi connectivity index (χ0n) is 21.4. The van der Waals surface area contributed by atoms with Gasteiger partial charge in [-0.15, -0.1) is 0 Å². The van der Waals surface area contributed by atoms with E-state index < -0.39 is 17.7 Å². The number of ketones is 1. The highest BCUT2D eigenvalue weighted by Crippen LogP contribution is 2.43. The predicted octanol–water partition coefficient (Wildman–Crippen LogP) is 2.71. The Hall–Kier alpha value is -3.76. The molecule has 10 nitrogen and oxygen atoms in total. The van der Waals surface area contributed by atoms with Crippen molar-refractivity contribution in [2.75, 3.05) is 59.2 Å². The molecule has 0 spiro atoms. The summed E-state index contributed by atoms with van der Waals surface area (Å²) in [5.74, 6) is -0.545. The smallest absolute Gasteiger partial charge is 0.295 e. The quantitative estimate of drug-likeness (QED) is 0.305. The molecule has 3 aliphatic heterocycles. The molecule has 0 saturated carbocycles. The Bertz CT molecular complexity index is 1240. The number of ether oxygens (including phenoxy) is 4. The number of aromatic hydroxyl groups is 1. The van der Waals surface area contributed by atoms with Crippen molar-refractivity contribution in [1.29, 1.82) is 0 Å². The minimum Gasteiger partial charge on any atom is -0.507 e. The lowest BCUT2D eigenvalue weighted by Crippen LogP contribution is -2.38. The Morgan fingerprint density at radius 3 is 2.53 bits per heavy atom. The lowest BCUT2D eigenvalue weighted by Gasteiger charge is -2.29. The van der Waals surface area contributed by atoms with Gasteiger partial charge in [-0.2, -0.15) is 0 Å². The Morgan fingerprint density at radius 2 is 1.76 bits per heavy atom. The van der Waals surface area contributed by atoms with Gasteiger partial charge >= 0.3 is 0 Å². The monoisotopic (exact) mass is 524 g/mol. The number of likely N-dealkylation sites (tertiary alicyclic amines) is 1. The Morgan fingerprint density at radius 1 is 1.00 bits per heavy atom. The number of nitrogens with zero attached hydrogens (tertiary/aromatic N) is 2. The summed E-state index contributed by atoms with van der Waals surface area (Å²) >= 11 is 0.